The van der Waals surface area contributed by atoms with Crippen LogP contribution in [0.3, 0.4) is 0 Å². The summed E-state index contributed by atoms with van der Waals surface area (Å²) in [5.41, 5.74) is 4.47. The fourth-order valence-electron chi connectivity index (χ4n) is 2.22. The van der Waals surface area contributed by atoms with Gasteiger partial charge in [-0.15, -0.1) is 0 Å². The van der Waals surface area contributed by atoms with Crippen molar-refractivity contribution in [3.05, 3.63) is 71.5 Å². The van der Waals surface area contributed by atoms with Gasteiger partial charge in [0, 0.05) is 12.4 Å². The Kier molecular flexibility index (Phi) is 2.97. The summed E-state index contributed by atoms with van der Waals surface area (Å²) in [6.45, 7) is 2.00. The maximum atomic E-state index is 10.5. The number of benzene rings is 2. The molecule has 0 aliphatic carbocycles. The van der Waals surface area contributed by atoms with Crippen molar-refractivity contribution in [3.63, 3.8) is 0 Å². The van der Waals surface area contributed by atoms with Crippen LogP contribution in [0.4, 0.5) is 0 Å². The first-order valence-electron chi connectivity index (χ1n) is 6.20. The van der Waals surface area contributed by atoms with Crippen molar-refractivity contribution < 1.29 is 5.11 Å². The van der Waals surface area contributed by atoms with Gasteiger partial charge in [0.05, 0.1) is 11.0 Å². The van der Waals surface area contributed by atoms with Crippen molar-refractivity contribution in [1.29, 1.82) is 0 Å². The smallest absolute Gasteiger partial charge is 0.104 e. The van der Waals surface area contributed by atoms with E-state index in [0.29, 0.717) is 0 Å². The number of aliphatic hydroxyl groups is 1. The molecule has 2 aromatic carbocycles. The van der Waals surface area contributed by atoms with Crippen LogP contribution < -0.4 is 0 Å². The Hall–Kier alpha value is -2.26. The van der Waals surface area contributed by atoms with E-state index in [1.807, 2.05) is 49.4 Å². The lowest BCUT2D eigenvalue weighted by atomic mass is 9.97. The molecule has 0 saturated heterocycles. The van der Waals surface area contributed by atoms with E-state index in [2.05, 4.69) is 9.97 Å². The number of aliphatic hydroxyl groups excluding tert-OH is 1. The number of aromatic nitrogens is 2. The van der Waals surface area contributed by atoms with Gasteiger partial charge in [0.25, 0.3) is 0 Å². The van der Waals surface area contributed by atoms with Crippen LogP contribution in [0, 0.1) is 6.92 Å². The van der Waals surface area contributed by atoms with E-state index in [4.69, 9.17) is 0 Å². The number of hydrogen-bond donors (Lipinski definition) is 1. The molecule has 94 valence electrons. The van der Waals surface area contributed by atoms with Crippen molar-refractivity contribution in [2.75, 3.05) is 0 Å². The summed E-state index contributed by atoms with van der Waals surface area (Å²) in [6.07, 6.45) is 2.69. The van der Waals surface area contributed by atoms with Gasteiger partial charge in [0.1, 0.15) is 6.10 Å². The van der Waals surface area contributed by atoms with Crippen LogP contribution in [0.25, 0.3) is 11.0 Å². The van der Waals surface area contributed by atoms with Gasteiger partial charge in [-0.05, 0) is 35.7 Å². The molecule has 3 aromatic rings. The van der Waals surface area contributed by atoms with E-state index in [-0.39, 0.29) is 0 Å². The number of nitrogens with zero attached hydrogens (tertiary/aromatic N) is 2. The van der Waals surface area contributed by atoms with E-state index >= 15 is 0 Å². The average molecular weight is 250 g/mol. The monoisotopic (exact) mass is 250 g/mol. The molecule has 0 aliphatic heterocycles. The van der Waals surface area contributed by atoms with Gasteiger partial charge >= 0.3 is 0 Å². The molecule has 3 rings (SSSR count). The molecule has 0 bridgehead atoms. The van der Waals surface area contributed by atoms with Crippen LogP contribution in [0.5, 0.6) is 0 Å². The van der Waals surface area contributed by atoms with Crippen molar-refractivity contribution in [2.45, 2.75) is 13.0 Å². The molecule has 1 atom stereocenters. The van der Waals surface area contributed by atoms with Crippen LogP contribution in [-0.2, 0) is 0 Å². The summed E-state index contributed by atoms with van der Waals surface area (Å²) >= 11 is 0. The molecular weight excluding hydrogens is 236 g/mol. The standard InChI is InChI=1S/C16H14N2O/c1-11-4-2-3-5-13(11)16(19)12-6-7-14-15(10-12)18-9-8-17-14/h2-10,16,19H,1H3. The predicted molar refractivity (Wildman–Crippen MR) is 74.8 cm³/mol. The van der Waals surface area contributed by atoms with E-state index in [1.54, 1.807) is 12.4 Å². The van der Waals surface area contributed by atoms with Crippen molar-refractivity contribution >= 4 is 11.0 Å². The van der Waals surface area contributed by atoms with E-state index in [9.17, 15) is 5.11 Å². The van der Waals surface area contributed by atoms with Crippen molar-refractivity contribution in [2.24, 2.45) is 0 Å². The highest BCUT2D eigenvalue weighted by molar-refractivity contribution is 5.74. The van der Waals surface area contributed by atoms with Gasteiger partial charge in [-0.3, -0.25) is 9.97 Å². The molecule has 1 N–H and O–H groups in total. The Morgan fingerprint density at radius 3 is 2.47 bits per heavy atom. The molecule has 1 aromatic heterocycles. The largest absolute Gasteiger partial charge is 0.384 e. The van der Waals surface area contributed by atoms with Gasteiger partial charge < -0.3 is 5.11 Å². The quantitative estimate of drug-likeness (QED) is 0.760. The summed E-state index contributed by atoms with van der Waals surface area (Å²) in [4.78, 5) is 8.49. The van der Waals surface area contributed by atoms with Gasteiger partial charge in [-0.2, -0.15) is 0 Å². The Morgan fingerprint density at radius 2 is 1.68 bits per heavy atom. The lowest BCUT2D eigenvalue weighted by molar-refractivity contribution is 0.219. The zero-order chi connectivity index (χ0) is 13.2. The molecule has 1 heterocycles. The number of fused-ring (bicyclic) bond motifs is 1. The maximum absolute atomic E-state index is 10.5. The summed E-state index contributed by atoms with van der Waals surface area (Å²) in [6, 6.07) is 13.5. The van der Waals surface area contributed by atoms with Gasteiger partial charge in [0.15, 0.2) is 0 Å². The number of hydrogen-bond acceptors (Lipinski definition) is 3. The van der Waals surface area contributed by atoms with Crippen LogP contribution in [-0.4, -0.2) is 15.1 Å². The predicted octanol–water partition coefficient (Wildman–Crippen LogP) is 3.02. The third kappa shape index (κ3) is 2.20. The Labute approximate surface area is 111 Å². The Balaban J connectivity index is 2.07. The SMILES string of the molecule is Cc1ccccc1C(O)c1ccc2nccnc2c1. The van der Waals surface area contributed by atoms with Gasteiger partial charge in [0.2, 0.25) is 0 Å². The zero-order valence-electron chi connectivity index (χ0n) is 10.6. The zero-order valence-corrected chi connectivity index (χ0v) is 10.6. The molecule has 3 nitrogen and oxygen atoms in total. The third-order valence-electron chi connectivity index (χ3n) is 3.29. The fraction of sp³-hybridized carbons (Fsp3) is 0.125. The molecule has 0 spiro atoms. The van der Waals surface area contributed by atoms with Crippen LogP contribution >= 0.6 is 0 Å². The molecule has 3 heteroatoms. The normalized spacial score (nSPS) is 12.5. The Morgan fingerprint density at radius 1 is 0.947 bits per heavy atom. The van der Waals surface area contributed by atoms with Crippen LogP contribution in [0.1, 0.15) is 22.8 Å². The topological polar surface area (TPSA) is 46.0 Å². The molecule has 0 fully saturated rings. The lowest BCUT2D eigenvalue weighted by Crippen LogP contribution is -2.02. The second-order valence-corrected chi connectivity index (χ2v) is 4.56. The average Bonchev–Trinajstić information content (AvgIpc) is 2.46. The number of rotatable bonds is 2. The maximum Gasteiger partial charge on any atom is 0.104 e. The van der Waals surface area contributed by atoms with E-state index < -0.39 is 6.10 Å². The molecule has 1 unspecified atom stereocenters. The minimum absolute atomic E-state index is 0.632. The first-order valence-corrected chi connectivity index (χ1v) is 6.20. The lowest BCUT2D eigenvalue weighted by Gasteiger charge is -2.14. The summed E-state index contributed by atoms with van der Waals surface area (Å²) in [5, 5.41) is 10.5. The molecule has 0 amide bonds. The first kappa shape index (κ1) is 11.8. The highest BCUT2D eigenvalue weighted by Gasteiger charge is 2.13. The molecule has 19 heavy (non-hydrogen) atoms. The Bertz CT molecular complexity index is 725. The highest BCUT2D eigenvalue weighted by Crippen LogP contribution is 2.26. The van der Waals surface area contributed by atoms with Crippen molar-refractivity contribution in [3.8, 4) is 0 Å². The summed E-state index contributed by atoms with van der Waals surface area (Å²) in [7, 11) is 0. The third-order valence-corrected chi connectivity index (χ3v) is 3.29. The van der Waals surface area contributed by atoms with Crippen molar-refractivity contribution in [1.82, 2.24) is 9.97 Å². The van der Waals surface area contributed by atoms with Crippen LogP contribution in [0.15, 0.2) is 54.9 Å². The van der Waals surface area contributed by atoms with E-state index in [1.165, 1.54) is 0 Å². The fourth-order valence-corrected chi connectivity index (χ4v) is 2.22. The summed E-state index contributed by atoms with van der Waals surface area (Å²) < 4.78 is 0. The second-order valence-electron chi connectivity index (χ2n) is 4.56. The van der Waals surface area contributed by atoms with Gasteiger partial charge in [-0.1, -0.05) is 30.3 Å². The van der Waals surface area contributed by atoms with E-state index in [0.717, 1.165) is 27.7 Å². The second kappa shape index (κ2) is 4.78. The van der Waals surface area contributed by atoms with Gasteiger partial charge in [-0.25, -0.2) is 0 Å². The minimum atomic E-state index is -0.632. The minimum Gasteiger partial charge on any atom is -0.384 e. The molecular formula is C16H14N2O. The molecule has 0 radical (unpaired) electrons. The molecule has 0 saturated carbocycles. The number of aryl methyl sites for hydroxylation is 1. The summed E-state index contributed by atoms with van der Waals surface area (Å²) in [5.74, 6) is 0. The highest BCUT2D eigenvalue weighted by atomic mass is 16.3. The first-order chi connectivity index (χ1) is 9.25. The van der Waals surface area contributed by atoms with Crippen LogP contribution in [0.2, 0.25) is 0 Å². The molecule has 0 aliphatic rings.